The van der Waals surface area contributed by atoms with Crippen LogP contribution in [0, 0.1) is 11.3 Å². The summed E-state index contributed by atoms with van der Waals surface area (Å²) in [5, 5.41) is 21.3. The second kappa shape index (κ2) is 7.78. The number of benzene rings is 2. The summed E-state index contributed by atoms with van der Waals surface area (Å²) in [5.41, 5.74) is 3.15. The molecule has 0 aliphatic heterocycles. The number of hydrogen-bond acceptors (Lipinski definition) is 6. The Morgan fingerprint density at radius 2 is 2.00 bits per heavy atom. The topological polar surface area (TPSA) is 98.1 Å². The summed E-state index contributed by atoms with van der Waals surface area (Å²) >= 11 is 0. The summed E-state index contributed by atoms with van der Waals surface area (Å²) in [5.74, 6) is 0.759. The fourth-order valence-electron chi connectivity index (χ4n) is 3.38. The van der Waals surface area contributed by atoms with Crippen molar-refractivity contribution in [1.29, 1.82) is 5.26 Å². The standard InChI is InChI=1S/C22H21N5O2/c1-27(2)8-3-9-29-15-5-6-16-19(11-15)24-13-25-21(16)20-17-10-14(12-23)4-7-18(17)26-22(20)28/h4-7,10-11,13,26,28H,3,8-9H2,1-2H3. The lowest BCUT2D eigenvalue weighted by Crippen LogP contribution is -2.15. The fourth-order valence-corrected chi connectivity index (χ4v) is 3.38. The SMILES string of the molecule is CN(C)CCCOc1ccc2c(-c3c(O)[nH]c4ccc(C#N)cc34)ncnc2c1. The number of fused-ring (bicyclic) bond motifs is 2. The zero-order valence-electron chi connectivity index (χ0n) is 16.3. The number of nitrogens with zero attached hydrogens (tertiary/aromatic N) is 4. The van der Waals surface area contributed by atoms with Gasteiger partial charge >= 0.3 is 0 Å². The van der Waals surface area contributed by atoms with Crippen LogP contribution < -0.4 is 4.74 Å². The molecule has 7 heteroatoms. The van der Waals surface area contributed by atoms with Crippen molar-refractivity contribution in [3.63, 3.8) is 0 Å². The molecule has 0 fully saturated rings. The Bertz CT molecular complexity index is 1220. The molecule has 0 spiro atoms. The lowest BCUT2D eigenvalue weighted by Gasteiger charge is -2.11. The molecule has 0 bridgehead atoms. The number of aromatic nitrogens is 3. The summed E-state index contributed by atoms with van der Waals surface area (Å²) in [6.07, 6.45) is 2.41. The van der Waals surface area contributed by atoms with Crippen LogP contribution in [0.15, 0.2) is 42.7 Å². The van der Waals surface area contributed by atoms with Gasteiger partial charge in [-0.15, -0.1) is 0 Å². The van der Waals surface area contributed by atoms with Gasteiger partial charge in [-0.3, -0.25) is 0 Å². The fraction of sp³-hybridized carbons (Fsp3) is 0.227. The van der Waals surface area contributed by atoms with Crippen molar-refractivity contribution < 1.29 is 9.84 Å². The van der Waals surface area contributed by atoms with Crippen LogP contribution in [0.5, 0.6) is 11.6 Å². The molecule has 0 aliphatic carbocycles. The molecule has 2 aromatic heterocycles. The van der Waals surface area contributed by atoms with Crippen LogP contribution in [0.1, 0.15) is 12.0 Å². The first-order chi connectivity index (χ1) is 14.1. The summed E-state index contributed by atoms with van der Waals surface area (Å²) in [7, 11) is 4.07. The van der Waals surface area contributed by atoms with E-state index in [4.69, 9.17) is 4.74 Å². The predicted molar refractivity (Wildman–Crippen MR) is 112 cm³/mol. The van der Waals surface area contributed by atoms with Gasteiger partial charge in [0.2, 0.25) is 0 Å². The van der Waals surface area contributed by atoms with Crippen molar-refractivity contribution in [1.82, 2.24) is 19.9 Å². The third-order valence-corrected chi connectivity index (χ3v) is 4.77. The van der Waals surface area contributed by atoms with Crippen molar-refractivity contribution in [2.45, 2.75) is 6.42 Å². The van der Waals surface area contributed by atoms with E-state index in [0.717, 1.165) is 40.5 Å². The minimum absolute atomic E-state index is 0.0131. The van der Waals surface area contributed by atoms with E-state index >= 15 is 0 Å². The molecule has 7 nitrogen and oxygen atoms in total. The van der Waals surface area contributed by atoms with E-state index in [-0.39, 0.29) is 5.88 Å². The van der Waals surface area contributed by atoms with Crippen LogP contribution in [0.3, 0.4) is 0 Å². The molecule has 2 aromatic carbocycles. The summed E-state index contributed by atoms with van der Waals surface area (Å²) < 4.78 is 5.84. The molecule has 0 amide bonds. The summed E-state index contributed by atoms with van der Waals surface area (Å²) in [6.45, 7) is 1.59. The third-order valence-electron chi connectivity index (χ3n) is 4.77. The number of rotatable bonds is 6. The van der Waals surface area contributed by atoms with Gasteiger partial charge in [0.05, 0.1) is 35.0 Å². The Hall–Kier alpha value is -3.63. The molecule has 2 N–H and O–H groups in total. The third kappa shape index (κ3) is 3.71. The van der Waals surface area contributed by atoms with Crippen molar-refractivity contribution in [2.75, 3.05) is 27.2 Å². The minimum Gasteiger partial charge on any atom is -0.494 e. The number of ether oxygens (including phenoxy) is 1. The van der Waals surface area contributed by atoms with E-state index in [1.165, 1.54) is 6.33 Å². The normalized spacial score (nSPS) is 11.2. The Balaban J connectivity index is 1.73. The molecule has 0 saturated carbocycles. The molecule has 4 rings (SSSR count). The lowest BCUT2D eigenvalue weighted by atomic mass is 10.0. The number of aromatic hydroxyl groups is 1. The van der Waals surface area contributed by atoms with Gasteiger partial charge in [0.25, 0.3) is 0 Å². The highest BCUT2D eigenvalue weighted by molar-refractivity contribution is 6.05. The van der Waals surface area contributed by atoms with Crippen LogP contribution in [0.2, 0.25) is 0 Å². The zero-order valence-corrected chi connectivity index (χ0v) is 16.3. The molecular weight excluding hydrogens is 366 g/mol. The van der Waals surface area contributed by atoms with Crippen LogP contribution in [0.25, 0.3) is 33.1 Å². The monoisotopic (exact) mass is 387 g/mol. The number of aromatic amines is 1. The van der Waals surface area contributed by atoms with E-state index in [1.807, 2.05) is 32.3 Å². The second-order valence-electron chi connectivity index (χ2n) is 7.13. The molecule has 0 atom stereocenters. The van der Waals surface area contributed by atoms with Crippen LogP contribution in [-0.2, 0) is 0 Å². The zero-order chi connectivity index (χ0) is 20.4. The molecule has 146 valence electrons. The average Bonchev–Trinajstić information content (AvgIpc) is 3.05. The smallest absolute Gasteiger partial charge is 0.199 e. The van der Waals surface area contributed by atoms with Crippen LogP contribution in [0.4, 0.5) is 0 Å². The van der Waals surface area contributed by atoms with Gasteiger partial charge in [-0.05, 0) is 50.8 Å². The maximum absolute atomic E-state index is 10.5. The van der Waals surface area contributed by atoms with Crippen molar-refractivity contribution in [2.24, 2.45) is 0 Å². The van der Waals surface area contributed by atoms with Crippen molar-refractivity contribution in [3.05, 3.63) is 48.3 Å². The van der Waals surface area contributed by atoms with Gasteiger partial charge in [-0.1, -0.05) is 0 Å². The Morgan fingerprint density at radius 1 is 1.14 bits per heavy atom. The van der Waals surface area contributed by atoms with E-state index in [1.54, 1.807) is 18.2 Å². The van der Waals surface area contributed by atoms with E-state index in [0.29, 0.717) is 23.4 Å². The first-order valence-corrected chi connectivity index (χ1v) is 9.34. The number of H-pyrrole nitrogens is 1. The first kappa shape index (κ1) is 18.7. The molecule has 0 aliphatic rings. The maximum Gasteiger partial charge on any atom is 0.199 e. The Kier molecular flexibility index (Phi) is 5.02. The largest absolute Gasteiger partial charge is 0.494 e. The summed E-state index contributed by atoms with van der Waals surface area (Å²) in [6, 6.07) is 13.0. The Morgan fingerprint density at radius 3 is 2.79 bits per heavy atom. The number of hydrogen-bond donors (Lipinski definition) is 2. The van der Waals surface area contributed by atoms with Gasteiger partial charge in [-0.25, -0.2) is 9.97 Å². The quantitative estimate of drug-likeness (QED) is 0.490. The van der Waals surface area contributed by atoms with Crippen molar-refractivity contribution >= 4 is 21.8 Å². The Labute approximate surface area is 168 Å². The van der Waals surface area contributed by atoms with Gasteiger partial charge in [-0.2, -0.15) is 5.26 Å². The lowest BCUT2D eigenvalue weighted by molar-refractivity contribution is 0.282. The highest BCUT2D eigenvalue weighted by Gasteiger charge is 2.18. The molecule has 0 saturated heterocycles. The van der Waals surface area contributed by atoms with E-state index < -0.39 is 0 Å². The molecule has 2 heterocycles. The van der Waals surface area contributed by atoms with Gasteiger partial charge in [0.1, 0.15) is 12.1 Å². The highest BCUT2D eigenvalue weighted by atomic mass is 16.5. The first-order valence-electron chi connectivity index (χ1n) is 9.34. The average molecular weight is 387 g/mol. The van der Waals surface area contributed by atoms with E-state index in [9.17, 15) is 10.4 Å². The van der Waals surface area contributed by atoms with Gasteiger partial charge < -0.3 is 19.7 Å². The molecule has 0 unspecified atom stereocenters. The van der Waals surface area contributed by atoms with Crippen molar-refractivity contribution in [3.8, 4) is 29.0 Å². The van der Waals surface area contributed by atoms with E-state index in [2.05, 4.69) is 25.9 Å². The maximum atomic E-state index is 10.5. The second-order valence-corrected chi connectivity index (χ2v) is 7.13. The molecule has 4 aromatic rings. The minimum atomic E-state index is 0.0131. The number of nitrogens with one attached hydrogen (secondary N) is 1. The number of nitriles is 1. The predicted octanol–water partition coefficient (Wildman–Crippen LogP) is 3.69. The van der Waals surface area contributed by atoms with Gasteiger partial charge in [0, 0.05) is 28.9 Å². The molecule has 0 radical (unpaired) electrons. The molecule has 29 heavy (non-hydrogen) atoms. The van der Waals surface area contributed by atoms with Crippen LogP contribution >= 0.6 is 0 Å². The highest BCUT2D eigenvalue weighted by Crippen LogP contribution is 2.39. The van der Waals surface area contributed by atoms with Crippen LogP contribution in [-0.4, -0.2) is 52.2 Å². The van der Waals surface area contributed by atoms with Gasteiger partial charge in [0.15, 0.2) is 5.88 Å². The molecular formula is C22H21N5O2. The summed E-state index contributed by atoms with van der Waals surface area (Å²) in [4.78, 5) is 13.9.